The molecule has 1 nitrogen and oxygen atoms in total. The highest BCUT2D eigenvalue weighted by molar-refractivity contribution is 4.69. The Morgan fingerprint density at radius 1 is 1.00 bits per heavy atom. The van der Waals surface area contributed by atoms with Crippen LogP contribution < -0.4 is 0 Å². The third-order valence-corrected chi connectivity index (χ3v) is 4.43. The van der Waals surface area contributed by atoms with E-state index in [0.29, 0.717) is 0 Å². The summed E-state index contributed by atoms with van der Waals surface area (Å²) < 4.78 is 0. The van der Waals surface area contributed by atoms with Gasteiger partial charge in [0.05, 0.1) is 0 Å². The standard InChI is InChI=1S/C10H20.C5H11N/c1-3-9(2)10-7-5-4-6-8-10;1-6-4-2-3-5-6/h9-10H,3-8H2,1-2H3;2-5H2,1H3. The van der Waals surface area contributed by atoms with Crippen LogP contribution >= 0.6 is 0 Å². The zero-order valence-electron chi connectivity index (χ0n) is 11.7. The molecule has 1 aliphatic carbocycles. The Morgan fingerprint density at radius 3 is 1.94 bits per heavy atom. The largest absolute Gasteiger partial charge is 0.306 e. The first-order chi connectivity index (χ1) is 7.74. The highest BCUT2D eigenvalue weighted by Crippen LogP contribution is 2.30. The molecule has 2 rings (SSSR count). The van der Waals surface area contributed by atoms with Gasteiger partial charge in [0.25, 0.3) is 0 Å². The van der Waals surface area contributed by atoms with Crippen molar-refractivity contribution in [3.05, 3.63) is 0 Å². The molecule has 0 aromatic carbocycles. The first kappa shape index (κ1) is 14.0. The lowest BCUT2D eigenvalue weighted by molar-refractivity contribution is 0.258. The van der Waals surface area contributed by atoms with Crippen molar-refractivity contribution in [2.24, 2.45) is 11.8 Å². The summed E-state index contributed by atoms with van der Waals surface area (Å²) in [7, 11) is 2.17. The number of hydrogen-bond donors (Lipinski definition) is 0. The monoisotopic (exact) mass is 225 g/mol. The minimum atomic E-state index is 0.986. The summed E-state index contributed by atoms with van der Waals surface area (Å²) in [5.41, 5.74) is 0. The van der Waals surface area contributed by atoms with E-state index in [1.165, 1.54) is 64.5 Å². The minimum absolute atomic E-state index is 0.986. The zero-order valence-corrected chi connectivity index (χ0v) is 11.7. The maximum Gasteiger partial charge on any atom is -0.00213 e. The topological polar surface area (TPSA) is 3.24 Å². The van der Waals surface area contributed by atoms with Crippen LogP contribution in [0.2, 0.25) is 0 Å². The zero-order chi connectivity index (χ0) is 11.8. The van der Waals surface area contributed by atoms with Crippen molar-refractivity contribution < 1.29 is 0 Å². The minimum Gasteiger partial charge on any atom is -0.306 e. The molecule has 1 saturated carbocycles. The first-order valence-electron chi connectivity index (χ1n) is 7.42. The van der Waals surface area contributed by atoms with Crippen LogP contribution in [-0.4, -0.2) is 25.0 Å². The number of hydrogen-bond acceptors (Lipinski definition) is 1. The summed E-state index contributed by atoms with van der Waals surface area (Å²) in [6.07, 6.45) is 11.7. The molecule has 0 bridgehead atoms. The van der Waals surface area contributed by atoms with Gasteiger partial charge in [0.2, 0.25) is 0 Å². The molecule has 1 unspecified atom stereocenters. The molecule has 1 heterocycles. The molecule has 0 spiro atoms. The number of rotatable bonds is 2. The predicted octanol–water partition coefficient (Wildman–Crippen LogP) is 4.32. The van der Waals surface area contributed by atoms with E-state index in [9.17, 15) is 0 Å². The molecular formula is C15H31N. The van der Waals surface area contributed by atoms with E-state index in [-0.39, 0.29) is 0 Å². The molecule has 2 fully saturated rings. The van der Waals surface area contributed by atoms with Crippen molar-refractivity contribution in [1.29, 1.82) is 0 Å². The summed E-state index contributed by atoms with van der Waals surface area (Å²) in [5.74, 6) is 2.05. The van der Waals surface area contributed by atoms with Crippen molar-refractivity contribution >= 4 is 0 Å². The van der Waals surface area contributed by atoms with Crippen LogP contribution in [0.3, 0.4) is 0 Å². The van der Waals surface area contributed by atoms with E-state index in [0.717, 1.165) is 11.8 Å². The summed E-state index contributed by atoms with van der Waals surface area (Å²) in [6.45, 7) is 7.37. The normalized spacial score (nSPS) is 24.9. The fourth-order valence-corrected chi connectivity index (χ4v) is 2.91. The molecule has 0 aromatic rings. The number of nitrogens with zero attached hydrogens (tertiary/aromatic N) is 1. The van der Waals surface area contributed by atoms with Crippen LogP contribution in [0.1, 0.15) is 65.2 Å². The maximum atomic E-state index is 2.41. The highest BCUT2D eigenvalue weighted by Gasteiger charge is 2.17. The van der Waals surface area contributed by atoms with Gasteiger partial charge in [-0.3, -0.25) is 0 Å². The van der Waals surface area contributed by atoms with Gasteiger partial charge in [0.15, 0.2) is 0 Å². The Bertz CT molecular complexity index is 155. The Labute approximate surface area is 103 Å². The molecule has 1 aliphatic heterocycles. The lowest BCUT2D eigenvalue weighted by Gasteiger charge is -2.26. The van der Waals surface area contributed by atoms with Gasteiger partial charge >= 0.3 is 0 Å². The fourth-order valence-electron chi connectivity index (χ4n) is 2.91. The van der Waals surface area contributed by atoms with Crippen molar-refractivity contribution in [3.63, 3.8) is 0 Å². The summed E-state index contributed by atoms with van der Waals surface area (Å²) >= 11 is 0. The maximum absolute atomic E-state index is 2.41. The second kappa shape index (κ2) is 8.11. The van der Waals surface area contributed by atoms with Gasteiger partial charge in [-0.05, 0) is 44.8 Å². The molecule has 1 atom stereocenters. The Morgan fingerprint density at radius 2 is 1.56 bits per heavy atom. The fraction of sp³-hybridized carbons (Fsp3) is 1.00. The van der Waals surface area contributed by atoms with Crippen LogP contribution in [-0.2, 0) is 0 Å². The second-order valence-corrected chi connectivity index (χ2v) is 5.79. The molecule has 1 saturated heterocycles. The van der Waals surface area contributed by atoms with E-state index >= 15 is 0 Å². The Hall–Kier alpha value is -0.0400. The van der Waals surface area contributed by atoms with Crippen molar-refractivity contribution in [2.75, 3.05) is 20.1 Å². The summed E-state index contributed by atoms with van der Waals surface area (Å²) in [6, 6.07) is 0. The molecule has 16 heavy (non-hydrogen) atoms. The van der Waals surface area contributed by atoms with Crippen LogP contribution in [0.5, 0.6) is 0 Å². The van der Waals surface area contributed by atoms with Crippen molar-refractivity contribution in [1.82, 2.24) is 4.90 Å². The van der Waals surface area contributed by atoms with E-state index in [2.05, 4.69) is 25.8 Å². The molecule has 96 valence electrons. The predicted molar refractivity (Wildman–Crippen MR) is 72.8 cm³/mol. The highest BCUT2D eigenvalue weighted by atomic mass is 15.1. The first-order valence-corrected chi connectivity index (χ1v) is 7.42. The third-order valence-electron chi connectivity index (χ3n) is 4.43. The summed E-state index contributed by atoms with van der Waals surface area (Å²) in [4.78, 5) is 2.36. The van der Waals surface area contributed by atoms with Gasteiger partial charge in [-0.25, -0.2) is 0 Å². The molecular weight excluding hydrogens is 194 g/mol. The van der Waals surface area contributed by atoms with Gasteiger partial charge < -0.3 is 4.90 Å². The van der Waals surface area contributed by atoms with E-state index in [1.807, 2.05) is 0 Å². The Balaban J connectivity index is 0.000000181. The van der Waals surface area contributed by atoms with E-state index < -0.39 is 0 Å². The molecule has 0 N–H and O–H groups in total. The van der Waals surface area contributed by atoms with Gasteiger partial charge in [-0.15, -0.1) is 0 Å². The molecule has 0 aromatic heterocycles. The van der Waals surface area contributed by atoms with Crippen LogP contribution in [0.4, 0.5) is 0 Å². The average molecular weight is 225 g/mol. The van der Waals surface area contributed by atoms with E-state index in [1.54, 1.807) is 0 Å². The van der Waals surface area contributed by atoms with Crippen LogP contribution in [0.15, 0.2) is 0 Å². The smallest absolute Gasteiger partial charge is 0.00213 e. The van der Waals surface area contributed by atoms with Gasteiger partial charge in [0.1, 0.15) is 0 Å². The van der Waals surface area contributed by atoms with Crippen LogP contribution in [0.25, 0.3) is 0 Å². The van der Waals surface area contributed by atoms with Crippen molar-refractivity contribution in [2.45, 2.75) is 65.2 Å². The van der Waals surface area contributed by atoms with Crippen LogP contribution in [0, 0.1) is 11.8 Å². The van der Waals surface area contributed by atoms with Crippen molar-refractivity contribution in [3.8, 4) is 0 Å². The molecule has 1 heteroatoms. The average Bonchev–Trinajstić information content (AvgIpc) is 2.81. The SMILES string of the molecule is CCC(C)C1CCCCC1.CN1CCCC1. The second-order valence-electron chi connectivity index (χ2n) is 5.79. The lowest BCUT2D eigenvalue weighted by atomic mass is 9.80. The Kier molecular flexibility index (Phi) is 7.11. The summed E-state index contributed by atoms with van der Waals surface area (Å²) in [5, 5.41) is 0. The van der Waals surface area contributed by atoms with E-state index in [4.69, 9.17) is 0 Å². The third kappa shape index (κ3) is 5.34. The van der Waals surface area contributed by atoms with Gasteiger partial charge in [0, 0.05) is 0 Å². The molecule has 0 radical (unpaired) electrons. The molecule has 2 aliphatic rings. The number of likely N-dealkylation sites (tertiary alicyclic amines) is 1. The van der Waals surface area contributed by atoms with Gasteiger partial charge in [-0.1, -0.05) is 52.4 Å². The van der Waals surface area contributed by atoms with Gasteiger partial charge in [-0.2, -0.15) is 0 Å². The lowest BCUT2D eigenvalue weighted by Crippen LogP contribution is -2.14. The molecule has 0 amide bonds. The quantitative estimate of drug-likeness (QED) is 0.676.